The Kier molecular flexibility index (Phi) is 1.34. The highest BCUT2D eigenvalue weighted by atomic mass is 19.4. The van der Waals surface area contributed by atoms with Crippen LogP contribution in [0.2, 0.25) is 0 Å². The molecule has 0 amide bonds. The molecule has 0 heterocycles. The highest BCUT2D eigenvalue weighted by Gasteiger charge is 2.33. The van der Waals surface area contributed by atoms with E-state index in [0.29, 0.717) is 12.0 Å². The third-order valence-corrected chi connectivity index (χ3v) is 1.75. The Morgan fingerprint density at radius 3 is 2.33 bits per heavy atom. The summed E-state index contributed by atoms with van der Waals surface area (Å²) in [6.07, 6.45) is -3.98. The second-order valence-corrected chi connectivity index (χ2v) is 2.67. The van der Waals surface area contributed by atoms with Crippen molar-refractivity contribution in [2.75, 3.05) is 0 Å². The highest BCUT2D eigenvalue weighted by molar-refractivity contribution is 5.48. The van der Waals surface area contributed by atoms with Gasteiger partial charge < -0.3 is 4.74 Å². The zero-order valence-electron chi connectivity index (χ0n) is 5.98. The van der Waals surface area contributed by atoms with Crippen molar-refractivity contribution in [1.82, 2.24) is 0 Å². The average molecular weight is 174 g/mol. The Morgan fingerprint density at radius 1 is 1.25 bits per heavy atom. The SMILES string of the molecule is FC(F)(F)Oc1ccc2cc1C2. The van der Waals surface area contributed by atoms with Crippen molar-refractivity contribution in [3.05, 3.63) is 29.3 Å². The van der Waals surface area contributed by atoms with E-state index in [9.17, 15) is 13.2 Å². The lowest BCUT2D eigenvalue weighted by Crippen LogP contribution is -2.19. The van der Waals surface area contributed by atoms with Crippen LogP contribution in [-0.4, -0.2) is 6.36 Å². The molecule has 0 N–H and O–H groups in total. The molecule has 2 bridgehead atoms. The molecule has 64 valence electrons. The molecule has 0 atom stereocenters. The molecule has 0 aromatic heterocycles. The van der Waals surface area contributed by atoms with Gasteiger partial charge >= 0.3 is 6.36 Å². The van der Waals surface area contributed by atoms with E-state index in [1.165, 1.54) is 6.07 Å². The minimum atomic E-state index is -4.58. The predicted octanol–water partition coefficient (Wildman–Crippen LogP) is 2.49. The van der Waals surface area contributed by atoms with Crippen LogP contribution < -0.4 is 4.74 Å². The molecule has 1 aromatic carbocycles. The van der Waals surface area contributed by atoms with E-state index < -0.39 is 6.36 Å². The van der Waals surface area contributed by atoms with Crippen molar-refractivity contribution < 1.29 is 17.9 Å². The van der Waals surface area contributed by atoms with Gasteiger partial charge in [-0.3, -0.25) is 0 Å². The minimum Gasteiger partial charge on any atom is -0.405 e. The predicted molar refractivity (Wildman–Crippen MR) is 35.9 cm³/mol. The van der Waals surface area contributed by atoms with Gasteiger partial charge in [0.2, 0.25) is 0 Å². The summed E-state index contributed by atoms with van der Waals surface area (Å²) in [6, 6.07) is 4.68. The Balaban J connectivity index is 2.21. The molecule has 0 saturated carbocycles. The number of rotatable bonds is 1. The normalized spacial score (nSPS) is 13.9. The molecule has 3 rings (SSSR count). The van der Waals surface area contributed by atoms with Gasteiger partial charge in [-0.15, -0.1) is 13.2 Å². The first-order chi connectivity index (χ1) is 5.54. The summed E-state index contributed by atoms with van der Waals surface area (Å²) < 4.78 is 38.9. The smallest absolute Gasteiger partial charge is 0.405 e. The topological polar surface area (TPSA) is 9.23 Å². The van der Waals surface area contributed by atoms with Crippen molar-refractivity contribution in [3.8, 4) is 5.75 Å². The fourth-order valence-electron chi connectivity index (χ4n) is 1.19. The number of alkyl halides is 3. The van der Waals surface area contributed by atoms with Gasteiger partial charge in [0.25, 0.3) is 0 Å². The molecule has 0 unspecified atom stereocenters. The summed E-state index contributed by atoms with van der Waals surface area (Å²) in [4.78, 5) is 0. The number of hydrogen-bond acceptors (Lipinski definition) is 1. The van der Waals surface area contributed by atoms with Crippen LogP contribution in [0.3, 0.4) is 0 Å². The monoisotopic (exact) mass is 174 g/mol. The summed E-state index contributed by atoms with van der Waals surface area (Å²) in [5.74, 6) is -0.0718. The van der Waals surface area contributed by atoms with Crippen LogP contribution >= 0.6 is 0 Å². The van der Waals surface area contributed by atoms with Crippen LogP contribution in [0.4, 0.5) is 13.2 Å². The molecular weight excluding hydrogens is 169 g/mol. The number of halogens is 3. The van der Waals surface area contributed by atoms with Crippen molar-refractivity contribution >= 4 is 0 Å². The quantitative estimate of drug-likeness (QED) is 0.645. The first kappa shape index (κ1) is 7.46. The summed E-state index contributed by atoms with van der Waals surface area (Å²) in [6.45, 7) is 0. The minimum absolute atomic E-state index is 0.0718. The molecule has 0 saturated heterocycles. The van der Waals surface area contributed by atoms with Gasteiger partial charge in [-0.2, -0.15) is 0 Å². The second kappa shape index (κ2) is 2.15. The largest absolute Gasteiger partial charge is 0.573 e. The van der Waals surface area contributed by atoms with E-state index in [-0.39, 0.29) is 5.75 Å². The maximum Gasteiger partial charge on any atom is 0.573 e. The zero-order chi connectivity index (χ0) is 8.77. The Hall–Kier alpha value is -1.19. The highest BCUT2D eigenvalue weighted by Crippen LogP contribution is 2.34. The van der Waals surface area contributed by atoms with Gasteiger partial charge in [-0.25, -0.2) is 0 Å². The van der Waals surface area contributed by atoms with Crippen molar-refractivity contribution in [2.24, 2.45) is 0 Å². The molecule has 4 heteroatoms. The first-order valence-electron chi connectivity index (χ1n) is 3.42. The van der Waals surface area contributed by atoms with Crippen molar-refractivity contribution in [1.29, 1.82) is 0 Å². The summed E-state index contributed by atoms with van der Waals surface area (Å²) in [5.41, 5.74) is 1.68. The maximum absolute atomic E-state index is 11.7. The Labute approximate surface area is 66.8 Å². The third kappa shape index (κ3) is 1.24. The fourth-order valence-corrected chi connectivity index (χ4v) is 1.19. The summed E-state index contributed by atoms with van der Waals surface area (Å²) in [5, 5.41) is 0. The molecular formula is C8H5F3O. The van der Waals surface area contributed by atoms with Gasteiger partial charge in [0.1, 0.15) is 5.75 Å². The molecule has 1 aromatic rings. The zero-order valence-corrected chi connectivity index (χ0v) is 5.98. The van der Waals surface area contributed by atoms with Gasteiger partial charge in [0, 0.05) is 6.42 Å². The van der Waals surface area contributed by atoms with Crippen LogP contribution in [0.15, 0.2) is 18.2 Å². The van der Waals surface area contributed by atoms with Crippen LogP contribution in [0.5, 0.6) is 5.75 Å². The van der Waals surface area contributed by atoms with Crippen LogP contribution in [0, 0.1) is 0 Å². The second-order valence-electron chi connectivity index (χ2n) is 2.67. The first-order valence-corrected chi connectivity index (χ1v) is 3.42. The van der Waals surface area contributed by atoms with E-state index in [1.807, 2.05) is 0 Å². The lowest BCUT2D eigenvalue weighted by molar-refractivity contribution is -0.275. The lowest BCUT2D eigenvalue weighted by Gasteiger charge is -2.20. The van der Waals surface area contributed by atoms with E-state index >= 15 is 0 Å². The average Bonchev–Trinajstić information content (AvgIpc) is 1.80. The lowest BCUT2D eigenvalue weighted by atomic mass is 9.92. The van der Waals surface area contributed by atoms with Crippen LogP contribution in [0.1, 0.15) is 11.1 Å². The van der Waals surface area contributed by atoms with Crippen LogP contribution in [-0.2, 0) is 6.42 Å². The van der Waals surface area contributed by atoms with Crippen molar-refractivity contribution in [2.45, 2.75) is 12.8 Å². The Bertz CT molecular complexity index is 313. The molecule has 2 aliphatic rings. The molecule has 0 aliphatic heterocycles. The standard InChI is InChI=1S/C8H5F3O/c9-8(10,11)12-7-2-1-5-3-6(7)4-5/h1-3H,4H2. The third-order valence-electron chi connectivity index (χ3n) is 1.75. The van der Waals surface area contributed by atoms with E-state index in [0.717, 1.165) is 5.56 Å². The number of hydrogen-bond donors (Lipinski definition) is 0. The van der Waals surface area contributed by atoms with Gasteiger partial charge in [0.15, 0.2) is 0 Å². The summed E-state index contributed by atoms with van der Waals surface area (Å²) >= 11 is 0. The molecule has 0 radical (unpaired) electrons. The molecule has 12 heavy (non-hydrogen) atoms. The van der Waals surface area contributed by atoms with E-state index in [1.54, 1.807) is 12.1 Å². The van der Waals surface area contributed by atoms with Crippen molar-refractivity contribution in [3.63, 3.8) is 0 Å². The molecule has 0 fully saturated rings. The molecule has 0 spiro atoms. The van der Waals surface area contributed by atoms with E-state index in [2.05, 4.69) is 4.74 Å². The number of ether oxygens (including phenoxy) is 1. The molecule has 1 nitrogen and oxygen atoms in total. The fraction of sp³-hybridized carbons (Fsp3) is 0.250. The van der Waals surface area contributed by atoms with Gasteiger partial charge in [-0.1, -0.05) is 12.1 Å². The number of fused-ring (bicyclic) bond motifs is 2. The molecule has 2 aliphatic carbocycles. The van der Waals surface area contributed by atoms with Gasteiger partial charge in [-0.05, 0) is 17.2 Å². The van der Waals surface area contributed by atoms with Crippen LogP contribution in [0.25, 0.3) is 0 Å². The Morgan fingerprint density at radius 2 is 1.92 bits per heavy atom. The van der Waals surface area contributed by atoms with Gasteiger partial charge in [0.05, 0.1) is 0 Å². The van der Waals surface area contributed by atoms with E-state index in [4.69, 9.17) is 0 Å². The summed E-state index contributed by atoms with van der Waals surface area (Å²) in [7, 11) is 0. The number of benzene rings is 1. The maximum atomic E-state index is 11.7.